The van der Waals surface area contributed by atoms with Crippen LogP contribution in [0.5, 0.6) is 0 Å². The molecule has 13 heavy (non-hydrogen) atoms. The molecule has 4 heteroatoms. The standard InChI is InChI=1S/C9H15N3O/c1-8(11-12-10)7-13-9-5-3-2-4-6-9/h9H,1-7H2. The van der Waals surface area contributed by atoms with Crippen molar-refractivity contribution in [3.8, 4) is 0 Å². The highest BCUT2D eigenvalue weighted by Gasteiger charge is 2.13. The van der Waals surface area contributed by atoms with E-state index < -0.39 is 0 Å². The molecule has 0 N–H and O–H groups in total. The van der Waals surface area contributed by atoms with Gasteiger partial charge in [0.2, 0.25) is 0 Å². The van der Waals surface area contributed by atoms with Gasteiger partial charge < -0.3 is 4.74 Å². The molecule has 0 heterocycles. The van der Waals surface area contributed by atoms with Crippen LogP contribution >= 0.6 is 0 Å². The van der Waals surface area contributed by atoms with Crippen LogP contribution in [0.4, 0.5) is 0 Å². The van der Waals surface area contributed by atoms with Gasteiger partial charge >= 0.3 is 0 Å². The summed E-state index contributed by atoms with van der Waals surface area (Å²) < 4.78 is 5.53. The Morgan fingerprint density at radius 2 is 2.15 bits per heavy atom. The van der Waals surface area contributed by atoms with Gasteiger partial charge in [0.25, 0.3) is 0 Å². The normalized spacial score (nSPS) is 17.8. The van der Waals surface area contributed by atoms with Crippen molar-refractivity contribution < 1.29 is 4.74 Å². The van der Waals surface area contributed by atoms with Gasteiger partial charge in [0.05, 0.1) is 12.7 Å². The maximum Gasteiger partial charge on any atom is 0.0739 e. The molecule has 0 radical (unpaired) electrons. The molecule has 0 atom stereocenters. The van der Waals surface area contributed by atoms with Crippen LogP contribution < -0.4 is 0 Å². The highest BCUT2D eigenvalue weighted by Crippen LogP contribution is 2.20. The van der Waals surface area contributed by atoms with Gasteiger partial charge in [-0.05, 0) is 18.4 Å². The van der Waals surface area contributed by atoms with Crippen molar-refractivity contribution in [1.82, 2.24) is 0 Å². The third-order valence-corrected chi connectivity index (χ3v) is 2.22. The van der Waals surface area contributed by atoms with Gasteiger partial charge in [0.15, 0.2) is 0 Å². The fourth-order valence-electron chi connectivity index (χ4n) is 1.54. The van der Waals surface area contributed by atoms with E-state index in [0.29, 0.717) is 18.4 Å². The van der Waals surface area contributed by atoms with Crippen molar-refractivity contribution in [2.45, 2.75) is 38.2 Å². The first kappa shape index (κ1) is 10.1. The molecule has 0 unspecified atom stereocenters. The molecule has 0 amide bonds. The number of rotatable bonds is 4. The third-order valence-electron chi connectivity index (χ3n) is 2.22. The second-order valence-electron chi connectivity index (χ2n) is 3.33. The van der Waals surface area contributed by atoms with Crippen LogP contribution in [0, 0.1) is 0 Å². The largest absolute Gasteiger partial charge is 0.374 e. The molecular weight excluding hydrogens is 166 g/mol. The van der Waals surface area contributed by atoms with Gasteiger partial charge in [-0.15, -0.1) is 0 Å². The molecule has 1 aliphatic rings. The van der Waals surface area contributed by atoms with Gasteiger partial charge in [0.1, 0.15) is 0 Å². The Hall–Kier alpha value is -0.990. The lowest BCUT2D eigenvalue weighted by Gasteiger charge is -2.21. The van der Waals surface area contributed by atoms with Gasteiger partial charge in [0, 0.05) is 10.6 Å². The summed E-state index contributed by atoms with van der Waals surface area (Å²) in [7, 11) is 0. The van der Waals surface area contributed by atoms with Crippen molar-refractivity contribution in [3.05, 3.63) is 22.7 Å². The number of azide groups is 1. The van der Waals surface area contributed by atoms with Crippen LogP contribution in [0.3, 0.4) is 0 Å². The van der Waals surface area contributed by atoms with E-state index in [-0.39, 0.29) is 0 Å². The molecule has 0 aliphatic heterocycles. The van der Waals surface area contributed by atoms with E-state index in [9.17, 15) is 0 Å². The lowest BCUT2D eigenvalue weighted by Crippen LogP contribution is -2.17. The molecule has 1 fully saturated rings. The molecule has 0 aromatic heterocycles. The van der Waals surface area contributed by atoms with E-state index in [0.717, 1.165) is 12.8 Å². The Morgan fingerprint density at radius 3 is 2.77 bits per heavy atom. The van der Waals surface area contributed by atoms with Crippen molar-refractivity contribution in [2.24, 2.45) is 5.11 Å². The second-order valence-corrected chi connectivity index (χ2v) is 3.33. The molecule has 0 aromatic rings. The summed E-state index contributed by atoms with van der Waals surface area (Å²) in [5.74, 6) is 0. The summed E-state index contributed by atoms with van der Waals surface area (Å²) in [5, 5.41) is 3.37. The minimum atomic E-state index is 0.347. The van der Waals surface area contributed by atoms with Gasteiger partial charge in [-0.25, -0.2) is 0 Å². The zero-order chi connectivity index (χ0) is 9.52. The molecule has 4 nitrogen and oxygen atoms in total. The Morgan fingerprint density at radius 1 is 1.46 bits per heavy atom. The fourth-order valence-corrected chi connectivity index (χ4v) is 1.54. The van der Waals surface area contributed by atoms with Crippen molar-refractivity contribution in [1.29, 1.82) is 0 Å². The quantitative estimate of drug-likeness (QED) is 0.373. The van der Waals surface area contributed by atoms with Crippen LogP contribution in [0.15, 0.2) is 17.4 Å². The lowest BCUT2D eigenvalue weighted by molar-refractivity contribution is 0.0424. The van der Waals surface area contributed by atoms with Crippen LogP contribution in [0.25, 0.3) is 10.4 Å². The average molecular weight is 181 g/mol. The maximum absolute atomic E-state index is 8.12. The first-order chi connectivity index (χ1) is 6.33. The van der Waals surface area contributed by atoms with Gasteiger partial charge in [-0.3, -0.25) is 0 Å². The van der Waals surface area contributed by atoms with Crippen molar-refractivity contribution >= 4 is 0 Å². The van der Waals surface area contributed by atoms with E-state index >= 15 is 0 Å². The minimum Gasteiger partial charge on any atom is -0.374 e. The van der Waals surface area contributed by atoms with Gasteiger partial charge in [-0.1, -0.05) is 31.0 Å². The molecule has 0 saturated heterocycles. The summed E-state index contributed by atoms with van der Waals surface area (Å²) in [4.78, 5) is 2.64. The predicted octanol–water partition coefficient (Wildman–Crippen LogP) is 3.16. The van der Waals surface area contributed by atoms with Crippen LogP contribution in [-0.4, -0.2) is 12.7 Å². The zero-order valence-electron chi connectivity index (χ0n) is 7.78. The number of hydrogen-bond acceptors (Lipinski definition) is 2. The molecular formula is C9H15N3O. The Labute approximate surface area is 78.2 Å². The van der Waals surface area contributed by atoms with E-state index in [1.165, 1.54) is 19.3 Å². The molecule has 1 aliphatic carbocycles. The van der Waals surface area contributed by atoms with Crippen LogP contribution in [0.1, 0.15) is 32.1 Å². The summed E-state index contributed by atoms with van der Waals surface area (Å²) in [6.07, 6.45) is 6.42. The molecule has 72 valence electrons. The molecule has 0 aromatic carbocycles. The SMILES string of the molecule is C=C(COC1CCCCC1)N=[N+]=[N-]. The zero-order valence-corrected chi connectivity index (χ0v) is 7.78. The number of ether oxygens (including phenoxy) is 1. The van der Waals surface area contributed by atoms with E-state index in [1.54, 1.807) is 0 Å². The van der Waals surface area contributed by atoms with Crippen LogP contribution in [-0.2, 0) is 4.74 Å². The van der Waals surface area contributed by atoms with Crippen molar-refractivity contribution in [2.75, 3.05) is 6.61 Å². The first-order valence-electron chi connectivity index (χ1n) is 4.67. The Balaban J connectivity index is 2.17. The first-order valence-corrected chi connectivity index (χ1v) is 4.67. The third kappa shape index (κ3) is 3.97. The topological polar surface area (TPSA) is 58.0 Å². The predicted molar refractivity (Wildman–Crippen MR) is 51.1 cm³/mol. The summed E-state index contributed by atoms with van der Waals surface area (Å²) in [5.41, 5.74) is 8.58. The minimum absolute atomic E-state index is 0.347. The van der Waals surface area contributed by atoms with Gasteiger partial charge in [-0.2, -0.15) is 0 Å². The summed E-state index contributed by atoms with van der Waals surface area (Å²) in [6, 6.07) is 0. The second kappa shape index (κ2) is 5.62. The van der Waals surface area contributed by atoms with E-state index in [4.69, 9.17) is 10.3 Å². The van der Waals surface area contributed by atoms with E-state index in [2.05, 4.69) is 16.6 Å². The Bertz CT molecular complexity index is 215. The highest BCUT2D eigenvalue weighted by atomic mass is 16.5. The number of nitrogens with zero attached hydrogens (tertiary/aromatic N) is 3. The lowest BCUT2D eigenvalue weighted by atomic mass is 9.98. The average Bonchev–Trinajstić information content (AvgIpc) is 2.17. The smallest absolute Gasteiger partial charge is 0.0739 e. The maximum atomic E-state index is 8.12. The summed E-state index contributed by atoms with van der Waals surface area (Å²) >= 11 is 0. The summed E-state index contributed by atoms with van der Waals surface area (Å²) in [6.45, 7) is 3.95. The van der Waals surface area contributed by atoms with E-state index in [1.807, 2.05) is 0 Å². The fraction of sp³-hybridized carbons (Fsp3) is 0.778. The molecule has 1 rings (SSSR count). The molecule has 0 spiro atoms. The number of hydrogen-bond donors (Lipinski definition) is 0. The van der Waals surface area contributed by atoms with Crippen LogP contribution in [0.2, 0.25) is 0 Å². The Kier molecular flexibility index (Phi) is 4.36. The molecule has 1 saturated carbocycles. The molecule has 0 bridgehead atoms. The monoisotopic (exact) mass is 181 g/mol. The van der Waals surface area contributed by atoms with Crippen molar-refractivity contribution in [3.63, 3.8) is 0 Å². The highest BCUT2D eigenvalue weighted by molar-refractivity contribution is 4.91.